The molecule has 2 aromatic carbocycles. The van der Waals surface area contributed by atoms with E-state index in [1.165, 1.54) is 0 Å². The molecule has 1 heterocycles. The standard InChI is InChI=1S/C18H13BrN2O3S/c19-13-6-4-5-12(9-13)10-15-17(23)21(18(24)25-15)11-16(22)20-14-7-2-1-3-8-14/h1-10H,11H2,(H,20,22)/b15-10-. The van der Waals surface area contributed by atoms with E-state index in [0.29, 0.717) is 10.6 Å². The molecule has 7 heteroatoms. The van der Waals surface area contributed by atoms with Crippen LogP contribution in [0.15, 0.2) is 64.0 Å². The fourth-order valence-electron chi connectivity index (χ4n) is 2.25. The molecule has 3 rings (SSSR count). The lowest BCUT2D eigenvalue weighted by Gasteiger charge is -2.12. The van der Waals surface area contributed by atoms with E-state index in [0.717, 1.165) is 26.7 Å². The number of rotatable bonds is 4. The molecule has 0 spiro atoms. The maximum Gasteiger partial charge on any atom is 0.294 e. The highest BCUT2D eigenvalue weighted by molar-refractivity contribution is 9.10. The first-order valence-corrected chi connectivity index (χ1v) is 9.00. The lowest BCUT2D eigenvalue weighted by Crippen LogP contribution is -2.36. The van der Waals surface area contributed by atoms with Crippen LogP contribution >= 0.6 is 27.7 Å². The van der Waals surface area contributed by atoms with E-state index >= 15 is 0 Å². The number of thioether (sulfide) groups is 1. The van der Waals surface area contributed by atoms with Crippen LogP contribution < -0.4 is 5.32 Å². The molecule has 5 nitrogen and oxygen atoms in total. The Morgan fingerprint density at radius 3 is 2.60 bits per heavy atom. The van der Waals surface area contributed by atoms with Crippen molar-refractivity contribution in [2.45, 2.75) is 0 Å². The Bertz CT molecular complexity index is 868. The van der Waals surface area contributed by atoms with Gasteiger partial charge < -0.3 is 5.32 Å². The number of nitrogens with zero attached hydrogens (tertiary/aromatic N) is 1. The highest BCUT2D eigenvalue weighted by Crippen LogP contribution is 2.32. The van der Waals surface area contributed by atoms with Crippen molar-refractivity contribution >= 4 is 56.5 Å². The summed E-state index contributed by atoms with van der Waals surface area (Å²) >= 11 is 4.20. The van der Waals surface area contributed by atoms with Gasteiger partial charge in [0.1, 0.15) is 6.54 Å². The van der Waals surface area contributed by atoms with Gasteiger partial charge in [-0.15, -0.1) is 0 Å². The van der Waals surface area contributed by atoms with Crippen molar-refractivity contribution in [2.75, 3.05) is 11.9 Å². The quantitative estimate of drug-likeness (QED) is 0.760. The number of benzene rings is 2. The number of nitrogens with one attached hydrogen (secondary N) is 1. The summed E-state index contributed by atoms with van der Waals surface area (Å²) in [6, 6.07) is 16.3. The average molecular weight is 417 g/mol. The molecule has 2 aromatic rings. The minimum absolute atomic E-state index is 0.301. The summed E-state index contributed by atoms with van der Waals surface area (Å²) < 4.78 is 0.878. The van der Waals surface area contributed by atoms with E-state index in [-0.39, 0.29) is 6.54 Å². The number of halogens is 1. The number of para-hydroxylation sites is 1. The van der Waals surface area contributed by atoms with Crippen molar-refractivity contribution in [1.29, 1.82) is 0 Å². The number of anilines is 1. The molecule has 3 amide bonds. The van der Waals surface area contributed by atoms with Crippen LogP contribution in [0.25, 0.3) is 6.08 Å². The summed E-state index contributed by atoms with van der Waals surface area (Å²) in [6.07, 6.45) is 1.64. The summed E-state index contributed by atoms with van der Waals surface area (Å²) in [4.78, 5) is 37.8. The first kappa shape index (κ1) is 17.4. The zero-order chi connectivity index (χ0) is 17.8. The third kappa shape index (κ3) is 4.37. The van der Waals surface area contributed by atoms with Gasteiger partial charge in [-0.3, -0.25) is 19.3 Å². The van der Waals surface area contributed by atoms with Crippen LogP contribution in [0.2, 0.25) is 0 Å². The van der Waals surface area contributed by atoms with Crippen molar-refractivity contribution in [3.05, 3.63) is 69.5 Å². The fraction of sp³-hybridized carbons (Fsp3) is 0.0556. The van der Waals surface area contributed by atoms with Gasteiger partial charge in [0.05, 0.1) is 4.91 Å². The second-order valence-corrected chi connectivity index (χ2v) is 7.15. The molecule has 0 bridgehead atoms. The highest BCUT2D eigenvalue weighted by atomic mass is 79.9. The van der Waals surface area contributed by atoms with Crippen molar-refractivity contribution in [1.82, 2.24) is 4.90 Å². The Kier molecular flexibility index (Phi) is 5.35. The number of amides is 3. The summed E-state index contributed by atoms with van der Waals surface area (Å²) in [6.45, 7) is -0.310. The van der Waals surface area contributed by atoms with Crippen molar-refractivity contribution in [3.63, 3.8) is 0 Å². The summed E-state index contributed by atoms with van der Waals surface area (Å²) in [7, 11) is 0. The maximum atomic E-state index is 12.4. The van der Waals surface area contributed by atoms with Crippen molar-refractivity contribution in [2.24, 2.45) is 0 Å². The Hall–Kier alpha value is -2.38. The van der Waals surface area contributed by atoms with Crippen molar-refractivity contribution in [3.8, 4) is 0 Å². The van der Waals surface area contributed by atoms with Crippen LogP contribution in [0, 0.1) is 0 Å². The zero-order valence-electron chi connectivity index (χ0n) is 12.9. The van der Waals surface area contributed by atoms with Crippen LogP contribution in [0.4, 0.5) is 10.5 Å². The lowest BCUT2D eigenvalue weighted by molar-refractivity contribution is -0.127. The predicted molar refractivity (Wildman–Crippen MR) is 102 cm³/mol. The van der Waals surface area contributed by atoms with Crippen molar-refractivity contribution < 1.29 is 14.4 Å². The van der Waals surface area contributed by atoms with E-state index in [1.54, 1.807) is 30.3 Å². The number of hydrogen-bond acceptors (Lipinski definition) is 4. The molecule has 1 N–H and O–H groups in total. The third-order valence-corrected chi connectivity index (χ3v) is 4.78. The summed E-state index contributed by atoms with van der Waals surface area (Å²) in [5, 5.41) is 2.21. The molecule has 1 aliphatic heterocycles. The Labute approximate surface area is 157 Å². The predicted octanol–water partition coefficient (Wildman–Crippen LogP) is 4.12. The molecular weight excluding hydrogens is 404 g/mol. The van der Waals surface area contributed by atoms with Gasteiger partial charge in [0.2, 0.25) is 5.91 Å². The van der Waals surface area contributed by atoms with Gasteiger partial charge in [-0.2, -0.15) is 0 Å². The van der Waals surface area contributed by atoms with Gasteiger partial charge in [-0.1, -0.05) is 46.3 Å². The normalized spacial score (nSPS) is 15.7. The Morgan fingerprint density at radius 1 is 1.12 bits per heavy atom. The largest absolute Gasteiger partial charge is 0.325 e. The molecule has 126 valence electrons. The highest BCUT2D eigenvalue weighted by Gasteiger charge is 2.36. The van der Waals surface area contributed by atoms with Crippen LogP contribution in [0.5, 0.6) is 0 Å². The topological polar surface area (TPSA) is 66.5 Å². The maximum absolute atomic E-state index is 12.4. The van der Waals surface area contributed by atoms with E-state index in [2.05, 4.69) is 21.2 Å². The molecule has 0 unspecified atom stereocenters. The number of imide groups is 1. The third-order valence-electron chi connectivity index (χ3n) is 3.38. The van der Waals surface area contributed by atoms with Gasteiger partial charge in [0, 0.05) is 10.2 Å². The molecule has 1 saturated heterocycles. The lowest BCUT2D eigenvalue weighted by atomic mass is 10.2. The van der Waals surface area contributed by atoms with E-state index in [1.807, 2.05) is 30.3 Å². The fourth-order valence-corrected chi connectivity index (χ4v) is 3.50. The average Bonchev–Trinajstić information content (AvgIpc) is 2.83. The Morgan fingerprint density at radius 2 is 1.88 bits per heavy atom. The Balaban J connectivity index is 1.70. The van der Waals surface area contributed by atoms with E-state index in [9.17, 15) is 14.4 Å². The molecule has 0 aromatic heterocycles. The first-order valence-electron chi connectivity index (χ1n) is 7.39. The number of hydrogen-bond donors (Lipinski definition) is 1. The van der Waals surface area contributed by atoms with E-state index in [4.69, 9.17) is 0 Å². The molecular formula is C18H13BrN2O3S. The molecule has 1 aliphatic rings. The van der Waals surface area contributed by atoms with Gasteiger partial charge >= 0.3 is 0 Å². The molecule has 0 aliphatic carbocycles. The van der Waals surface area contributed by atoms with Gasteiger partial charge in [0.15, 0.2) is 0 Å². The van der Waals surface area contributed by atoms with E-state index < -0.39 is 17.1 Å². The molecule has 0 saturated carbocycles. The summed E-state index contributed by atoms with van der Waals surface area (Å²) in [5.41, 5.74) is 1.41. The SMILES string of the molecule is O=C(CN1C(=O)S/C(=C\c2cccc(Br)c2)C1=O)Nc1ccccc1. The number of carbonyl (C=O) groups excluding carboxylic acids is 3. The second-order valence-electron chi connectivity index (χ2n) is 5.24. The van der Waals surface area contributed by atoms with Gasteiger partial charge in [0.25, 0.3) is 11.1 Å². The molecule has 0 atom stereocenters. The minimum atomic E-state index is -0.460. The molecule has 0 radical (unpaired) electrons. The molecule has 1 fully saturated rings. The van der Waals surface area contributed by atoms with Crippen LogP contribution in [-0.2, 0) is 9.59 Å². The van der Waals surface area contributed by atoms with Gasteiger partial charge in [-0.05, 0) is 47.7 Å². The first-order chi connectivity index (χ1) is 12.0. The second kappa shape index (κ2) is 7.67. The van der Waals surface area contributed by atoms with Crippen LogP contribution in [-0.4, -0.2) is 28.5 Å². The number of carbonyl (C=O) groups is 3. The van der Waals surface area contributed by atoms with Crippen LogP contribution in [0.1, 0.15) is 5.56 Å². The smallest absolute Gasteiger partial charge is 0.294 e. The minimum Gasteiger partial charge on any atom is -0.325 e. The van der Waals surface area contributed by atoms with Gasteiger partial charge in [-0.25, -0.2) is 0 Å². The van der Waals surface area contributed by atoms with Crippen LogP contribution in [0.3, 0.4) is 0 Å². The monoisotopic (exact) mass is 416 g/mol. The zero-order valence-corrected chi connectivity index (χ0v) is 15.3. The molecule has 25 heavy (non-hydrogen) atoms. The summed E-state index contributed by atoms with van der Waals surface area (Å²) in [5.74, 6) is -0.879.